The Morgan fingerprint density at radius 1 is 1.17 bits per heavy atom. The van der Waals surface area contributed by atoms with Crippen LogP contribution in [0, 0.1) is 5.92 Å². The third kappa shape index (κ3) is 8.92. The first-order valence-electron chi connectivity index (χ1n) is 9.49. The first kappa shape index (κ1) is 23.2. The van der Waals surface area contributed by atoms with Crippen LogP contribution in [0.4, 0.5) is 0 Å². The second kappa shape index (κ2) is 11.0. The number of allylic oxidation sites excluding steroid dienone is 2. The van der Waals surface area contributed by atoms with E-state index in [-0.39, 0.29) is 0 Å². The SMILES string of the molecule is C=C(N(C)C)N(/C=C/C)[C@H](C)CCC(C)C/C(C)=C/[PH](C)(C)CC. The van der Waals surface area contributed by atoms with Crippen molar-refractivity contribution in [3.63, 3.8) is 0 Å². The Bertz CT molecular complexity index is 435. The molecule has 0 saturated heterocycles. The van der Waals surface area contributed by atoms with Gasteiger partial charge in [-0.15, -0.1) is 0 Å². The number of hydrogen-bond donors (Lipinski definition) is 0. The fourth-order valence-electron chi connectivity index (χ4n) is 3.02. The van der Waals surface area contributed by atoms with Gasteiger partial charge in [0, 0.05) is 0 Å². The zero-order valence-corrected chi connectivity index (χ0v) is 18.8. The van der Waals surface area contributed by atoms with Crippen LogP contribution in [0.15, 0.2) is 36.1 Å². The Balaban J connectivity index is 4.62. The maximum absolute atomic E-state index is 4.22. The Labute approximate surface area is 153 Å². The third-order valence-electron chi connectivity index (χ3n) is 4.89. The van der Waals surface area contributed by atoms with Crippen LogP contribution in [0.25, 0.3) is 0 Å². The van der Waals surface area contributed by atoms with E-state index in [1.807, 2.05) is 0 Å². The quantitative estimate of drug-likeness (QED) is 0.421. The van der Waals surface area contributed by atoms with E-state index in [1.54, 1.807) is 5.57 Å². The Morgan fingerprint density at radius 3 is 2.21 bits per heavy atom. The summed E-state index contributed by atoms with van der Waals surface area (Å²) >= 11 is 0. The van der Waals surface area contributed by atoms with Crippen molar-refractivity contribution < 1.29 is 0 Å². The molecule has 0 saturated carbocycles. The van der Waals surface area contributed by atoms with Crippen molar-refractivity contribution in [2.75, 3.05) is 33.6 Å². The predicted molar refractivity (Wildman–Crippen MR) is 116 cm³/mol. The van der Waals surface area contributed by atoms with Gasteiger partial charge in [0.1, 0.15) is 0 Å². The number of hydrogen-bond acceptors (Lipinski definition) is 2. The molecule has 0 heterocycles. The van der Waals surface area contributed by atoms with Gasteiger partial charge in [-0.25, -0.2) is 0 Å². The molecule has 0 aromatic carbocycles. The van der Waals surface area contributed by atoms with E-state index in [9.17, 15) is 0 Å². The molecule has 24 heavy (non-hydrogen) atoms. The molecule has 0 aliphatic rings. The van der Waals surface area contributed by atoms with Crippen LogP contribution in [0.1, 0.15) is 53.9 Å². The van der Waals surface area contributed by atoms with E-state index < -0.39 is 7.26 Å². The van der Waals surface area contributed by atoms with Gasteiger partial charge in [-0.3, -0.25) is 0 Å². The van der Waals surface area contributed by atoms with Crippen molar-refractivity contribution in [3.8, 4) is 0 Å². The van der Waals surface area contributed by atoms with E-state index in [1.165, 1.54) is 25.4 Å². The van der Waals surface area contributed by atoms with Crippen LogP contribution in [-0.2, 0) is 0 Å². The minimum absolute atomic E-state index is 0.476. The molecule has 142 valence electrons. The zero-order chi connectivity index (χ0) is 18.9. The molecule has 2 atom stereocenters. The third-order valence-corrected chi connectivity index (χ3v) is 7.99. The molecule has 0 rings (SSSR count). The van der Waals surface area contributed by atoms with E-state index >= 15 is 0 Å². The molecule has 3 heteroatoms. The van der Waals surface area contributed by atoms with Gasteiger partial charge in [0.25, 0.3) is 0 Å². The molecule has 0 amide bonds. The summed E-state index contributed by atoms with van der Waals surface area (Å²) in [7, 11) is 3.01. The van der Waals surface area contributed by atoms with Gasteiger partial charge in [0.15, 0.2) is 0 Å². The van der Waals surface area contributed by atoms with Gasteiger partial charge in [-0.1, -0.05) is 0 Å². The Kier molecular flexibility index (Phi) is 10.6. The van der Waals surface area contributed by atoms with E-state index in [4.69, 9.17) is 0 Å². The molecular weight excluding hydrogens is 311 g/mol. The van der Waals surface area contributed by atoms with Crippen LogP contribution in [0.5, 0.6) is 0 Å². The molecule has 0 aromatic heterocycles. The molecule has 0 fully saturated rings. The van der Waals surface area contributed by atoms with Crippen molar-refractivity contribution in [3.05, 3.63) is 36.1 Å². The first-order chi connectivity index (χ1) is 11.0. The number of nitrogens with zero attached hydrogens (tertiary/aromatic N) is 2. The molecule has 0 aromatic rings. The first-order valence-corrected chi connectivity index (χ1v) is 12.8. The summed E-state index contributed by atoms with van der Waals surface area (Å²) in [6.45, 7) is 20.6. The summed E-state index contributed by atoms with van der Waals surface area (Å²) in [4.78, 5) is 4.38. The maximum atomic E-state index is 4.22. The summed E-state index contributed by atoms with van der Waals surface area (Å²) in [6.07, 6.45) is 9.27. The van der Waals surface area contributed by atoms with Gasteiger partial charge < -0.3 is 0 Å². The topological polar surface area (TPSA) is 6.48 Å². The summed E-state index contributed by atoms with van der Waals surface area (Å²) in [5.74, 6) is 4.40. The van der Waals surface area contributed by atoms with Gasteiger partial charge in [0.05, 0.1) is 0 Å². The van der Waals surface area contributed by atoms with Crippen LogP contribution in [0.2, 0.25) is 0 Å². The Hall–Kier alpha value is -0.750. The number of rotatable bonds is 11. The molecular formula is C21H43N2P. The molecule has 1 unspecified atom stereocenters. The van der Waals surface area contributed by atoms with Crippen molar-refractivity contribution in [2.45, 2.75) is 59.9 Å². The molecule has 0 bridgehead atoms. The molecule has 0 aliphatic heterocycles. The van der Waals surface area contributed by atoms with E-state index in [0.29, 0.717) is 6.04 Å². The molecule has 0 aliphatic carbocycles. The molecule has 0 radical (unpaired) electrons. The van der Waals surface area contributed by atoms with Crippen molar-refractivity contribution in [1.82, 2.24) is 9.80 Å². The molecule has 0 spiro atoms. The summed E-state index contributed by atoms with van der Waals surface area (Å²) in [6, 6.07) is 0.476. The summed E-state index contributed by atoms with van der Waals surface area (Å²) < 4.78 is 0. The van der Waals surface area contributed by atoms with Crippen molar-refractivity contribution >= 4 is 7.26 Å². The average Bonchev–Trinajstić information content (AvgIpc) is 2.48. The summed E-state index contributed by atoms with van der Waals surface area (Å²) in [5.41, 5.74) is 1.59. The zero-order valence-electron chi connectivity index (χ0n) is 17.8. The van der Waals surface area contributed by atoms with Crippen molar-refractivity contribution in [2.24, 2.45) is 5.92 Å². The standard InChI is InChI=1S/C21H43N2P/c1-11-15-23(21(6)22(7)8)20(5)14-13-18(3)16-19(4)17-24(9,10)12-2/h11,15,17-18,20,24H,6,12-14,16H2,1-5,7-10H3/b15-11+,19-17+/t18?,20-/m1/s1. The van der Waals surface area contributed by atoms with E-state index in [0.717, 1.165) is 11.7 Å². The van der Waals surface area contributed by atoms with E-state index in [2.05, 4.69) is 96.5 Å². The van der Waals surface area contributed by atoms with Gasteiger partial charge in [-0.2, -0.15) is 0 Å². The van der Waals surface area contributed by atoms with Crippen LogP contribution in [0.3, 0.4) is 0 Å². The monoisotopic (exact) mass is 354 g/mol. The minimum atomic E-state index is -1.10. The predicted octanol–water partition coefficient (Wildman–Crippen LogP) is 5.98. The second-order valence-electron chi connectivity index (χ2n) is 8.27. The molecule has 0 N–H and O–H groups in total. The van der Waals surface area contributed by atoms with Crippen molar-refractivity contribution in [1.29, 1.82) is 0 Å². The van der Waals surface area contributed by atoms with Gasteiger partial charge in [0.2, 0.25) is 0 Å². The fraction of sp³-hybridized carbons (Fsp3) is 0.714. The normalized spacial score (nSPS) is 16.1. The summed E-state index contributed by atoms with van der Waals surface area (Å²) in [5, 5.41) is 0. The second-order valence-corrected chi connectivity index (χ2v) is 13.2. The average molecular weight is 355 g/mol. The Morgan fingerprint density at radius 2 is 1.75 bits per heavy atom. The van der Waals surface area contributed by atoms with Gasteiger partial charge >= 0.3 is 153 Å². The fourth-order valence-corrected chi connectivity index (χ4v) is 4.68. The van der Waals surface area contributed by atoms with Crippen LogP contribution < -0.4 is 0 Å². The van der Waals surface area contributed by atoms with Crippen LogP contribution >= 0.6 is 7.26 Å². The van der Waals surface area contributed by atoms with Crippen LogP contribution in [-0.4, -0.2) is 49.4 Å². The molecule has 2 nitrogen and oxygen atoms in total. The van der Waals surface area contributed by atoms with Gasteiger partial charge in [-0.05, 0) is 0 Å².